The van der Waals surface area contributed by atoms with Crippen molar-refractivity contribution in [2.75, 3.05) is 23.0 Å². The first-order valence-electron chi connectivity index (χ1n) is 4.65. The summed E-state index contributed by atoms with van der Waals surface area (Å²) in [6.07, 6.45) is 0. The van der Waals surface area contributed by atoms with Crippen LogP contribution in [-0.2, 0) is 0 Å². The summed E-state index contributed by atoms with van der Waals surface area (Å²) in [5, 5.41) is 0.526. The molecule has 0 fully saturated rings. The molecule has 0 aliphatic rings. The fraction of sp³-hybridized carbons (Fsp3) is 1.00. The van der Waals surface area contributed by atoms with Gasteiger partial charge in [0.1, 0.15) is 0 Å². The summed E-state index contributed by atoms with van der Waals surface area (Å²) in [6, 6.07) is 0. The van der Waals surface area contributed by atoms with Gasteiger partial charge >= 0.3 is 0 Å². The number of thioether (sulfide) groups is 3. The van der Waals surface area contributed by atoms with Crippen molar-refractivity contribution in [3.8, 4) is 0 Å². The maximum Gasteiger partial charge on any atom is 0.0475 e. The predicted molar refractivity (Wildman–Crippen MR) is 75.8 cm³/mol. The second-order valence-electron chi connectivity index (χ2n) is 2.82. The van der Waals surface area contributed by atoms with E-state index in [1.165, 1.54) is 17.3 Å². The van der Waals surface area contributed by atoms with E-state index in [1.807, 2.05) is 23.5 Å². The van der Waals surface area contributed by atoms with Gasteiger partial charge in [0.2, 0.25) is 0 Å². The van der Waals surface area contributed by atoms with Gasteiger partial charge in [-0.25, -0.2) is 0 Å². The average molecular weight is 257 g/mol. The van der Waals surface area contributed by atoms with Crippen LogP contribution in [0.25, 0.3) is 0 Å². The van der Waals surface area contributed by atoms with Gasteiger partial charge < -0.3 is 0 Å². The zero-order valence-corrected chi connectivity index (χ0v) is 12.0. The van der Waals surface area contributed by atoms with Gasteiger partial charge in [-0.15, -0.1) is 23.5 Å². The van der Waals surface area contributed by atoms with Gasteiger partial charge in [-0.2, -0.15) is 24.4 Å². The van der Waals surface area contributed by atoms with Gasteiger partial charge in [0.05, 0.1) is 0 Å². The number of thiol groups is 1. The molecule has 4 heteroatoms. The Bertz CT molecular complexity index is 106. The fourth-order valence-electron chi connectivity index (χ4n) is 0.740. The Morgan fingerprint density at radius 3 is 2.38 bits per heavy atom. The summed E-state index contributed by atoms with van der Waals surface area (Å²) >= 11 is 10.5. The Kier molecular flexibility index (Phi) is 11.0. The van der Waals surface area contributed by atoms with Crippen molar-refractivity contribution >= 4 is 47.9 Å². The van der Waals surface area contributed by atoms with Crippen molar-refractivity contribution in [1.82, 2.24) is 0 Å². The molecule has 0 bridgehead atoms. The van der Waals surface area contributed by atoms with Crippen molar-refractivity contribution in [3.05, 3.63) is 0 Å². The quantitative estimate of drug-likeness (QED) is 0.398. The Hall–Kier alpha value is 1.40. The van der Waals surface area contributed by atoms with Crippen molar-refractivity contribution in [2.24, 2.45) is 0 Å². The SMILES string of the molecule is CCSCCSC(C)SCC(C)S. The minimum atomic E-state index is 0.526. The topological polar surface area (TPSA) is 0 Å². The minimum absolute atomic E-state index is 0.526. The molecule has 0 aromatic heterocycles. The molecule has 0 N–H and O–H groups in total. The van der Waals surface area contributed by atoms with Crippen LogP contribution >= 0.6 is 47.9 Å². The number of hydrogen-bond donors (Lipinski definition) is 1. The predicted octanol–water partition coefficient (Wildman–Crippen LogP) is 3.87. The molecule has 0 rings (SSSR count). The van der Waals surface area contributed by atoms with E-state index in [-0.39, 0.29) is 0 Å². The van der Waals surface area contributed by atoms with E-state index in [2.05, 4.69) is 45.2 Å². The molecule has 0 amide bonds. The first-order valence-corrected chi connectivity index (χ1v) is 8.42. The highest BCUT2D eigenvalue weighted by atomic mass is 32.2. The second-order valence-corrected chi connectivity index (χ2v) is 8.21. The van der Waals surface area contributed by atoms with Crippen LogP contribution in [0.3, 0.4) is 0 Å². The lowest BCUT2D eigenvalue weighted by Gasteiger charge is -2.11. The van der Waals surface area contributed by atoms with Gasteiger partial charge in [0, 0.05) is 27.1 Å². The third-order valence-electron chi connectivity index (χ3n) is 1.36. The summed E-state index contributed by atoms with van der Waals surface area (Å²) < 4.78 is 0.729. The highest BCUT2D eigenvalue weighted by Crippen LogP contribution is 2.25. The zero-order valence-electron chi connectivity index (χ0n) is 8.66. The highest BCUT2D eigenvalue weighted by molar-refractivity contribution is 8.17. The molecule has 0 aromatic carbocycles. The molecule has 0 aliphatic carbocycles. The van der Waals surface area contributed by atoms with Crippen LogP contribution in [0.2, 0.25) is 0 Å². The first kappa shape index (κ1) is 14.4. The van der Waals surface area contributed by atoms with Crippen LogP contribution in [-0.4, -0.2) is 32.8 Å². The van der Waals surface area contributed by atoms with Crippen molar-refractivity contribution in [3.63, 3.8) is 0 Å². The van der Waals surface area contributed by atoms with Crippen LogP contribution in [0.1, 0.15) is 20.8 Å². The normalized spacial score (nSPS) is 15.7. The van der Waals surface area contributed by atoms with Crippen LogP contribution in [0.5, 0.6) is 0 Å². The molecule has 0 aromatic rings. The lowest BCUT2D eigenvalue weighted by atomic mass is 10.6. The highest BCUT2D eigenvalue weighted by Gasteiger charge is 2.04. The summed E-state index contributed by atoms with van der Waals surface area (Å²) in [5.41, 5.74) is 0. The molecule has 0 saturated carbocycles. The van der Waals surface area contributed by atoms with Crippen LogP contribution < -0.4 is 0 Å². The van der Waals surface area contributed by atoms with E-state index < -0.39 is 0 Å². The molecule has 2 atom stereocenters. The van der Waals surface area contributed by atoms with Gasteiger partial charge in [0.15, 0.2) is 0 Å². The van der Waals surface area contributed by atoms with E-state index in [4.69, 9.17) is 0 Å². The molecular formula is C9H20S4. The average Bonchev–Trinajstić information content (AvgIpc) is 2.09. The molecule has 0 spiro atoms. The Labute approximate surface area is 101 Å². The van der Waals surface area contributed by atoms with Crippen molar-refractivity contribution in [1.29, 1.82) is 0 Å². The Morgan fingerprint density at radius 2 is 1.85 bits per heavy atom. The molecule has 0 nitrogen and oxygen atoms in total. The summed E-state index contributed by atoms with van der Waals surface area (Å²) in [5.74, 6) is 4.99. The lowest BCUT2D eigenvalue weighted by molar-refractivity contribution is 1.14. The molecule has 0 heterocycles. The molecule has 13 heavy (non-hydrogen) atoms. The molecule has 2 unspecified atom stereocenters. The first-order chi connectivity index (χ1) is 6.16. The number of hydrogen-bond acceptors (Lipinski definition) is 4. The monoisotopic (exact) mass is 256 g/mol. The van der Waals surface area contributed by atoms with E-state index in [0.29, 0.717) is 5.25 Å². The van der Waals surface area contributed by atoms with Gasteiger partial charge in [-0.05, 0) is 12.7 Å². The summed E-state index contributed by atoms with van der Waals surface area (Å²) in [6.45, 7) is 6.67. The third kappa shape index (κ3) is 11.3. The van der Waals surface area contributed by atoms with Crippen LogP contribution in [0, 0.1) is 0 Å². The molecule has 0 radical (unpaired) electrons. The molecule has 80 valence electrons. The smallest absolute Gasteiger partial charge is 0.0475 e. The largest absolute Gasteiger partial charge is 0.175 e. The minimum Gasteiger partial charge on any atom is -0.175 e. The lowest BCUT2D eigenvalue weighted by Crippen LogP contribution is -2.01. The van der Waals surface area contributed by atoms with Gasteiger partial charge in [-0.3, -0.25) is 0 Å². The molecule has 0 aliphatic heterocycles. The maximum absolute atomic E-state index is 4.36. The van der Waals surface area contributed by atoms with E-state index in [0.717, 1.165) is 10.3 Å². The standard InChI is InChI=1S/C9H20S4/c1-4-11-5-6-12-9(3)13-7-8(2)10/h8-10H,4-7H2,1-3H3. The molecular weight excluding hydrogens is 236 g/mol. The maximum atomic E-state index is 4.36. The van der Waals surface area contributed by atoms with E-state index in [9.17, 15) is 0 Å². The summed E-state index contributed by atoms with van der Waals surface area (Å²) in [7, 11) is 0. The van der Waals surface area contributed by atoms with E-state index in [1.54, 1.807) is 0 Å². The van der Waals surface area contributed by atoms with Crippen LogP contribution in [0.4, 0.5) is 0 Å². The fourth-order valence-corrected chi connectivity index (χ4v) is 3.93. The van der Waals surface area contributed by atoms with Crippen LogP contribution in [0.15, 0.2) is 0 Å². The Balaban J connectivity index is 3.15. The second kappa shape index (κ2) is 9.94. The van der Waals surface area contributed by atoms with Gasteiger partial charge in [0.25, 0.3) is 0 Å². The van der Waals surface area contributed by atoms with Gasteiger partial charge in [-0.1, -0.05) is 13.8 Å². The third-order valence-corrected chi connectivity index (χ3v) is 5.83. The zero-order chi connectivity index (χ0) is 10.1. The van der Waals surface area contributed by atoms with Crippen molar-refractivity contribution < 1.29 is 0 Å². The van der Waals surface area contributed by atoms with Crippen molar-refractivity contribution in [2.45, 2.75) is 30.6 Å². The Morgan fingerprint density at radius 1 is 1.15 bits per heavy atom. The summed E-state index contributed by atoms with van der Waals surface area (Å²) in [4.78, 5) is 0. The van der Waals surface area contributed by atoms with E-state index >= 15 is 0 Å². The number of rotatable bonds is 8. The molecule has 0 saturated heterocycles.